The van der Waals surface area contributed by atoms with E-state index in [0.717, 1.165) is 40.6 Å². The van der Waals surface area contributed by atoms with E-state index >= 15 is 0 Å². The van der Waals surface area contributed by atoms with Gasteiger partial charge in [-0.05, 0) is 29.3 Å². The molecule has 0 radical (unpaired) electrons. The van der Waals surface area contributed by atoms with Crippen molar-refractivity contribution in [2.45, 2.75) is 45.7 Å². The van der Waals surface area contributed by atoms with Gasteiger partial charge in [0, 0.05) is 24.9 Å². The van der Waals surface area contributed by atoms with E-state index in [-0.39, 0.29) is 6.04 Å². The predicted octanol–water partition coefficient (Wildman–Crippen LogP) is 3.42. The number of nitrogens with one attached hydrogen (secondary N) is 1. The van der Waals surface area contributed by atoms with Gasteiger partial charge in [0.2, 0.25) is 0 Å². The lowest BCUT2D eigenvalue weighted by Gasteiger charge is -2.16. The van der Waals surface area contributed by atoms with Crippen LogP contribution in [0.15, 0.2) is 16.9 Å². The second-order valence-corrected chi connectivity index (χ2v) is 6.24. The van der Waals surface area contributed by atoms with Crippen LogP contribution in [-0.2, 0) is 6.54 Å². The smallest absolute Gasteiger partial charge is 0.144 e. The molecule has 2 aromatic heterocycles. The van der Waals surface area contributed by atoms with Crippen LogP contribution in [0.5, 0.6) is 0 Å². The SMILES string of the molecule is Cc1nc(C(C)C)nc(NC2CCn3ccnc32)c1Br. The van der Waals surface area contributed by atoms with Crippen molar-refractivity contribution in [3.05, 3.63) is 34.2 Å². The third-order valence-electron chi connectivity index (χ3n) is 3.58. The average molecular weight is 336 g/mol. The minimum atomic E-state index is 0.218. The quantitative estimate of drug-likeness (QED) is 0.933. The molecule has 0 fully saturated rings. The summed E-state index contributed by atoms with van der Waals surface area (Å²) in [6.45, 7) is 7.22. The lowest BCUT2D eigenvalue weighted by Crippen LogP contribution is -2.13. The van der Waals surface area contributed by atoms with Gasteiger partial charge in [0.15, 0.2) is 0 Å². The van der Waals surface area contributed by atoms with Crippen molar-refractivity contribution in [3.8, 4) is 0 Å². The summed E-state index contributed by atoms with van der Waals surface area (Å²) < 4.78 is 3.12. The highest BCUT2D eigenvalue weighted by molar-refractivity contribution is 9.10. The largest absolute Gasteiger partial charge is 0.359 e. The molecule has 0 bridgehead atoms. The van der Waals surface area contributed by atoms with Gasteiger partial charge < -0.3 is 9.88 Å². The van der Waals surface area contributed by atoms with Crippen molar-refractivity contribution in [3.63, 3.8) is 0 Å². The third kappa shape index (κ3) is 2.32. The van der Waals surface area contributed by atoms with Gasteiger partial charge in [-0.25, -0.2) is 15.0 Å². The van der Waals surface area contributed by atoms with E-state index in [4.69, 9.17) is 0 Å². The highest BCUT2D eigenvalue weighted by Gasteiger charge is 2.25. The molecule has 2 aromatic rings. The molecule has 6 heteroatoms. The predicted molar refractivity (Wildman–Crippen MR) is 81.8 cm³/mol. The number of halogens is 1. The molecule has 0 saturated heterocycles. The number of rotatable bonds is 3. The standard InChI is InChI=1S/C14H18BrN5/c1-8(2)12-17-9(3)11(15)13(19-12)18-10-4-6-20-7-5-16-14(10)20/h5,7-8,10H,4,6H2,1-3H3,(H,17,18,19). The number of imidazole rings is 1. The summed E-state index contributed by atoms with van der Waals surface area (Å²) in [5.74, 6) is 3.13. The number of anilines is 1. The Hall–Kier alpha value is -1.43. The summed E-state index contributed by atoms with van der Waals surface area (Å²) in [7, 11) is 0. The van der Waals surface area contributed by atoms with Crippen LogP contribution >= 0.6 is 15.9 Å². The Morgan fingerprint density at radius 2 is 2.20 bits per heavy atom. The molecular weight excluding hydrogens is 318 g/mol. The Balaban J connectivity index is 1.91. The van der Waals surface area contributed by atoms with Gasteiger partial charge >= 0.3 is 0 Å². The van der Waals surface area contributed by atoms with E-state index in [1.165, 1.54) is 0 Å². The zero-order valence-corrected chi connectivity index (χ0v) is 13.5. The zero-order chi connectivity index (χ0) is 14.3. The topological polar surface area (TPSA) is 55.6 Å². The second kappa shape index (κ2) is 5.16. The third-order valence-corrected chi connectivity index (χ3v) is 4.53. The molecule has 5 nitrogen and oxygen atoms in total. The molecular formula is C14H18BrN5. The summed E-state index contributed by atoms with van der Waals surface area (Å²) in [5, 5.41) is 3.51. The van der Waals surface area contributed by atoms with Crippen molar-refractivity contribution in [2.75, 3.05) is 5.32 Å². The molecule has 1 atom stereocenters. The van der Waals surface area contributed by atoms with Gasteiger partial charge in [0.05, 0.1) is 16.2 Å². The van der Waals surface area contributed by atoms with Crippen molar-refractivity contribution in [1.82, 2.24) is 19.5 Å². The van der Waals surface area contributed by atoms with E-state index in [0.29, 0.717) is 5.92 Å². The minimum absolute atomic E-state index is 0.218. The molecule has 1 aliphatic heterocycles. The Kier molecular flexibility index (Phi) is 3.50. The lowest BCUT2D eigenvalue weighted by atomic mass is 10.2. The number of hydrogen-bond acceptors (Lipinski definition) is 4. The molecule has 20 heavy (non-hydrogen) atoms. The van der Waals surface area contributed by atoms with E-state index in [1.54, 1.807) is 0 Å². The molecule has 1 N–H and O–H groups in total. The number of aromatic nitrogens is 4. The summed E-state index contributed by atoms with van der Waals surface area (Å²) >= 11 is 3.59. The van der Waals surface area contributed by atoms with Crippen molar-refractivity contribution in [2.24, 2.45) is 0 Å². The fraction of sp³-hybridized carbons (Fsp3) is 0.500. The first-order valence-corrected chi connectivity index (χ1v) is 7.67. The number of hydrogen-bond donors (Lipinski definition) is 1. The van der Waals surface area contributed by atoms with Crippen LogP contribution in [0.4, 0.5) is 5.82 Å². The molecule has 106 valence electrons. The van der Waals surface area contributed by atoms with E-state index in [9.17, 15) is 0 Å². The maximum atomic E-state index is 4.65. The highest BCUT2D eigenvalue weighted by atomic mass is 79.9. The van der Waals surface area contributed by atoms with Crippen molar-refractivity contribution in [1.29, 1.82) is 0 Å². The van der Waals surface area contributed by atoms with Gasteiger partial charge in [0.25, 0.3) is 0 Å². The molecule has 0 aliphatic carbocycles. The van der Waals surface area contributed by atoms with Crippen LogP contribution in [0.1, 0.15) is 49.6 Å². The number of fused-ring (bicyclic) bond motifs is 1. The van der Waals surface area contributed by atoms with E-state index < -0.39 is 0 Å². The maximum absolute atomic E-state index is 4.65. The lowest BCUT2D eigenvalue weighted by molar-refractivity contribution is 0.700. The monoisotopic (exact) mass is 335 g/mol. The summed E-state index contributed by atoms with van der Waals surface area (Å²) in [6, 6.07) is 0.218. The number of aryl methyl sites for hydroxylation is 2. The van der Waals surface area contributed by atoms with Gasteiger partial charge in [0.1, 0.15) is 17.5 Å². The fourth-order valence-electron chi connectivity index (χ4n) is 2.45. The van der Waals surface area contributed by atoms with Crippen molar-refractivity contribution < 1.29 is 0 Å². The molecule has 0 aromatic carbocycles. The first-order valence-electron chi connectivity index (χ1n) is 6.88. The summed E-state index contributed by atoms with van der Waals surface area (Å²) in [6.07, 6.45) is 4.91. The molecule has 3 heterocycles. The summed E-state index contributed by atoms with van der Waals surface area (Å²) in [4.78, 5) is 13.6. The van der Waals surface area contributed by atoms with Gasteiger partial charge in [-0.1, -0.05) is 13.8 Å². The van der Waals surface area contributed by atoms with Gasteiger partial charge in [-0.2, -0.15) is 0 Å². The van der Waals surface area contributed by atoms with Crippen molar-refractivity contribution >= 4 is 21.7 Å². The summed E-state index contributed by atoms with van der Waals surface area (Å²) in [5.41, 5.74) is 0.965. The molecule has 0 amide bonds. The van der Waals surface area contributed by atoms with Crippen LogP contribution in [0.25, 0.3) is 0 Å². The second-order valence-electron chi connectivity index (χ2n) is 5.45. The Bertz CT molecular complexity index is 634. The first-order chi connectivity index (χ1) is 9.56. The maximum Gasteiger partial charge on any atom is 0.144 e. The van der Waals surface area contributed by atoms with Gasteiger partial charge in [-0.3, -0.25) is 0 Å². The zero-order valence-electron chi connectivity index (χ0n) is 11.9. The van der Waals surface area contributed by atoms with E-state index in [1.807, 2.05) is 19.3 Å². The van der Waals surface area contributed by atoms with Crippen LogP contribution in [0.2, 0.25) is 0 Å². The number of nitrogens with zero attached hydrogens (tertiary/aromatic N) is 4. The van der Waals surface area contributed by atoms with Crippen LogP contribution < -0.4 is 5.32 Å². The molecule has 0 spiro atoms. The highest BCUT2D eigenvalue weighted by Crippen LogP contribution is 2.32. The average Bonchev–Trinajstić information content (AvgIpc) is 2.99. The Morgan fingerprint density at radius 1 is 1.40 bits per heavy atom. The minimum Gasteiger partial charge on any atom is -0.359 e. The Morgan fingerprint density at radius 3 is 2.95 bits per heavy atom. The Labute approximate surface area is 127 Å². The van der Waals surface area contributed by atoms with Crippen LogP contribution in [0.3, 0.4) is 0 Å². The molecule has 0 saturated carbocycles. The molecule has 1 unspecified atom stereocenters. The van der Waals surface area contributed by atoms with Crippen LogP contribution in [0, 0.1) is 6.92 Å². The van der Waals surface area contributed by atoms with E-state index in [2.05, 4.69) is 54.6 Å². The fourth-order valence-corrected chi connectivity index (χ4v) is 2.75. The normalized spacial score (nSPS) is 17.6. The first kappa shape index (κ1) is 13.5. The van der Waals surface area contributed by atoms with Gasteiger partial charge in [-0.15, -0.1) is 0 Å². The van der Waals surface area contributed by atoms with Crippen LogP contribution in [-0.4, -0.2) is 19.5 Å². The molecule has 1 aliphatic rings. The molecule has 3 rings (SSSR count).